The zero-order chi connectivity index (χ0) is 9.14. The third kappa shape index (κ3) is 1.50. The van der Waals surface area contributed by atoms with E-state index in [-0.39, 0.29) is 5.95 Å². The van der Waals surface area contributed by atoms with Crippen molar-refractivity contribution in [3.05, 3.63) is 5.69 Å². The molecule has 0 saturated heterocycles. The van der Waals surface area contributed by atoms with Gasteiger partial charge in [0.25, 0.3) is 0 Å². The van der Waals surface area contributed by atoms with Crippen LogP contribution in [-0.4, -0.2) is 16.2 Å². The maximum Gasteiger partial charge on any atom is 0.222 e. The number of rotatable bonds is 1. The molecule has 0 fully saturated rings. The van der Waals surface area contributed by atoms with Crippen LogP contribution in [0.2, 0.25) is 0 Å². The number of hydrogen-bond donors (Lipinski definition) is 2. The van der Waals surface area contributed by atoms with Crippen molar-refractivity contribution < 1.29 is 0 Å². The fourth-order valence-electron chi connectivity index (χ4n) is 0.900. The summed E-state index contributed by atoms with van der Waals surface area (Å²) in [5.74, 6) is 0.498. The number of nitrogen functional groups attached to an aromatic ring is 2. The van der Waals surface area contributed by atoms with Gasteiger partial charge in [0.05, 0.1) is 5.69 Å². The predicted molar refractivity (Wildman–Crippen MR) is 49.4 cm³/mol. The van der Waals surface area contributed by atoms with Gasteiger partial charge in [0.15, 0.2) is 5.82 Å². The third-order valence-corrected chi connectivity index (χ3v) is 1.36. The lowest BCUT2D eigenvalue weighted by atomic mass is 10.3. The number of nitrogens with zero attached hydrogens (tertiary/aromatic N) is 3. The highest BCUT2D eigenvalue weighted by molar-refractivity contribution is 5.69. The monoisotopic (exact) mass is 165 g/mol. The lowest BCUT2D eigenvalue weighted by Gasteiger charge is -2.02. The maximum absolute atomic E-state index is 5.56. The van der Waals surface area contributed by atoms with Gasteiger partial charge in [0, 0.05) is 6.21 Å². The van der Waals surface area contributed by atoms with Crippen molar-refractivity contribution in [3.63, 3.8) is 0 Å². The molecule has 0 atom stereocenters. The Kier molecular flexibility index (Phi) is 2.23. The molecule has 0 unspecified atom stereocenters. The second-order valence-corrected chi connectivity index (χ2v) is 2.29. The first-order chi connectivity index (χ1) is 5.65. The van der Waals surface area contributed by atoms with Crippen LogP contribution in [0.25, 0.3) is 0 Å². The van der Waals surface area contributed by atoms with Gasteiger partial charge in [-0.15, -0.1) is 0 Å². The standard InChI is InChI=1S/C7H11N5/c1-3-10-5-4(2)11-7(9)12-6(5)8/h3H,1-2H3,(H4,8,9,11,12)/b10-3-. The van der Waals surface area contributed by atoms with Crippen LogP contribution in [0.15, 0.2) is 4.99 Å². The second kappa shape index (κ2) is 3.17. The van der Waals surface area contributed by atoms with Crippen LogP contribution in [0.1, 0.15) is 12.6 Å². The molecule has 1 rings (SSSR count). The Hall–Kier alpha value is -1.65. The molecule has 0 saturated carbocycles. The summed E-state index contributed by atoms with van der Waals surface area (Å²) in [6.45, 7) is 3.59. The smallest absolute Gasteiger partial charge is 0.222 e. The van der Waals surface area contributed by atoms with Crippen LogP contribution >= 0.6 is 0 Å². The van der Waals surface area contributed by atoms with Gasteiger partial charge in [-0.05, 0) is 13.8 Å². The van der Waals surface area contributed by atoms with E-state index in [0.29, 0.717) is 17.2 Å². The van der Waals surface area contributed by atoms with Gasteiger partial charge in [-0.1, -0.05) is 0 Å². The van der Waals surface area contributed by atoms with E-state index in [2.05, 4.69) is 15.0 Å². The number of aromatic nitrogens is 2. The summed E-state index contributed by atoms with van der Waals surface area (Å²) >= 11 is 0. The van der Waals surface area contributed by atoms with E-state index < -0.39 is 0 Å². The molecule has 4 N–H and O–H groups in total. The van der Waals surface area contributed by atoms with E-state index in [1.807, 2.05) is 0 Å². The fraction of sp³-hybridized carbons (Fsp3) is 0.286. The summed E-state index contributed by atoms with van der Waals surface area (Å²) in [4.78, 5) is 11.7. The molecule has 1 heterocycles. The van der Waals surface area contributed by atoms with Gasteiger partial charge in [-0.2, -0.15) is 4.98 Å². The third-order valence-electron chi connectivity index (χ3n) is 1.36. The van der Waals surface area contributed by atoms with Crippen molar-refractivity contribution >= 4 is 23.7 Å². The topological polar surface area (TPSA) is 90.2 Å². The Balaban J connectivity index is 3.28. The minimum absolute atomic E-state index is 0.181. The minimum atomic E-state index is 0.181. The molecule has 5 heteroatoms. The minimum Gasteiger partial charge on any atom is -0.382 e. The molecule has 1 aromatic heterocycles. The summed E-state index contributed by atoms with van der Waals surface area (Å²) in [5, 5.41) is 0. The summed E-state index contributed by atoms with van der Waals surface area (Å²) in [7, 11) is 0. The van der Waals surface area contributed by atoms with Crippen molar-refractivity contribution in [2.45, 2.75) is 13.8 Å². The van der Waals surface area contributed by atoms with E-state index in [9.17, 15) is 0 Å². The van der Waals surface area contributed by atoms with E-state index in [4.69, 9.17) is 11.5 Å². The van der Waals surface area contributed by atoms with Crippen molar-refractivity contribution in [2.75, 3.05) is 11.5 Å². The lowest BCUT2D eigenvalue weighted by molar-refractivity contribution is 1.12. The van der Waals surface area contributed by atoms with E-state index in [0.717, 1.165) is 0 Å². The summed E-state index contributed by atoms with van der Waals surface area (Å²) in [6, 6.07) is 0. The molecule has 0 aliphatic rings. The van der Waals surface area contributed by atoms with Crippen molar-refractivity contribution in [1.82, 2.24) is 9.97 Å². The van der Waals surface area contributed by atoms with Crippen LogP contribution in [0.3, 0.4) is 0 Å². The SMILES string of the molecule is C/C=N\c1c(C)nc(N)nc1N. The number of aliphatic imine (C=N–C) groups is 1. The highest BCUT2D eigenvalue weighted by atomic mass is 15.1. The van der Waals surface area contributed by atoms with Crippen molar-refractivity contribution in [3.8, 4) is 0 Å². The zero-order valence-corrected chi connectivity index (χ0v) is 7.07. The van der Waals surface area contributed by atoms with Crippen molar-refractivity contribution in [1.29, 1.82) is 0 Å². The van der Waals surface area contributed by atoms with Crippen molar-refractivity contribution in [2.24, 2.45) is 4.99 Å². The van der Waals surface area contributed by atoms with Gasteiger partial charge in [-0.3, -0.25) is 4.99 Å². The first-order valence-electron chi connectivity index (χ1n) is 3.53. The summed E-state index contributed by atoms with van der Waals surface area (Å²) < 4.78 is 0. The second-order valence-electron chi connectivity index (χ2n) is 2.29. The zero-order valence-electron chi connectivity index (χ0n) is 7.07. The van der Waals surface area contributed by atoms with E-state index in [1.165, 1.54) is 0 Å². The Morgan fingerprint density at radius 1 is 1.33 bits per heavy atom. The Bertz CT molecular complexity index is 295. The fourth-order valence-corrected chi connectivity index (χ4v) is 0.900. The van der Waals surface area contributed by atoms with Gasteiger partial charge in [0.2, 0.25) is 5.95 Å². The number of aryl methyl sites for hydroxylation is 1. The van der Waals surface area contributed by atoms with Gasteiger partial charge in [0.1, 0.15) is 5.69 Å². The largest absolute Gasteiger partial charge is 0.382 e. The summed E-state index contributed by atoms with van der Waals surface area (Å²) in [5.41, 5.74) is 12.2. The normalized spacial score (nSPS) is 10.8. The molecule has 0 aliphatic heterocycles. The lowest BCUT2D eigenvalue weighted by Crippen LogP contribution is -2.01. The highest BCUT2D eigenvalue weighted by Gasteiger charge is 2.04. The van der Waals surface area contributed by atoms with E-state index in [1.54, 1.807) is 20.1 Å². The van der Waals surface area contributed by atoms with Crippen LogP contribution in [0, 0.1) is 6.92 Å². The highest BCUT2D eigenvalue weighted by Crippen LogP contribution is 2.22. The number of anilines is 2. The predicted octanol–water partition coefficient (Wildman–Crippen LogP) is 0.672. The molecule has 0 spiro atoms. The molecule has 1 aromatic rings. The maximum atomic E-state index is 5.56. The van der Waals surface area contributed by atoms with Crippen LogP contribution in [0.5, 0.6) is 0 Å². The molecule has 0 amide bonds. The molecule has 0 bridgehead atoms. The Morgan fingerprint density at radius 3 is 2.50 bits per heavy atom. The van der Waals surface area contributed by atoms with Crippen LogP contribution < -0.4 is 11.5 Å². The molecule has 0 radical (unpaired) electrons. The Labute approximate surface area is 70.5 Å². The molecule has 64 valence electrons. The van der Waals surface area contributed by atoms with Gasteiger partial charge < -0.3 is 11.5 Å². The van der Waals surface area contributed by atoms with Crippen LogP contribution in [-0.2, 0) is 0 Å². The van der Waals surface area contributed by atoms with Crippen LogP contribution in [0.4, 0.5) is 17.5 Å². The molecule has 0 aliphatic carbocycles. The van der Waals surface area contributed by atoms with Gasteiger partial charge in [-0.25, -0.2) is 4.98 Å². The first-order valence-corrected chi connectivity index (χ1v) is 3.53. The number of nitrogens with two attached hydrogens (primary N) is 2. The summed E-state index contributed by atoms with van der Waals surface area (Å²) in [6.07, 6.45) is 1.64. The molecule has 0 aromatic carbocycles. The van der Waals surface area contributed by atoms with Gasteiger partial charge >= 0.3 is 0 Å². The first kappa shape index (κ1) is 8.45. The Morgan fingerprint density at radius 2 is 2.00 bits per heavy atom. The molecule has 5 nitrogen and oxygen atoms in total. The molecular formula is C7H11N5. The molecule has 12 heavy (non-hydrogen) atoms. The average molecular weight is 165 g/mol. The average Bonchev–Trinajstić information content (AvgIpc) is 1.96. The van der Waals surface area contributed by atoms with E-state index >= 15 is 0 Å². The molecular weight excluding hydrogens is 154 g/mol. The quantitative estimate of drug-likeness (QED) is 0.598. The number of hydrogen-bond acceptors (Lipinski definition) is 5.